The Hall–Kier alpha value is -1.30. The maximum atomic E-state index is 12.0. The largest absolute Gasteiger partial charge is 0.481 e. The normalized spacial score (nSPS) is 13.5. The number of carbonyl (C=O) groups excluding carboxylic acids is 1. The second kappa shape index (κ2) is 8.98. The molecule has 0 saturated heterocycles. The standard InChI is InChI=1S/C16H32N2O4/c1-7-16(8-2,18-14(21)22-15(4,5)6)11-17-12(3)9-10-13(19)20/h12,17H,7-11H2,1-6H3,(H,18,21)(H,19,20). The molecule has 0 heterocycles. The van der Waals surface area contributed by atoms with Gasteiger partial charge in [0.05, 0.1) is 5.54 Å². The summed E-state index contributed by atoms with van der Waals surface area (Å²) in [5, 5.41) is 15.0. The molecule has 0 aliphatic carbocycles. The minimum atomic E-state index is -0.794. The number of carbonyl (C=O) groups is 2. The zero-order chi connectivity index (χ0) is 17.4. The molecule has 0 spiro atoms. The molecule has 0 aromatic rings. The highest BCUT2D eigenvalue weighted by Gasteiger charge is 2.30. The highest BCUT2D eigenvalue weighted by molar-refractivity contribution is 5.68. The highest BCUT2D eigenvalue weighted by Crippen LogP contribution is 2.17. The van der Waals surface area contributed by atoms with Crippen LogP contribution in [0.1, 0.15) is 67.2 Å². The summed E-state index contributed by atoms with van der Waals surface area (Å²) >= 11 is 0. The molecule has 6 heteroatoms. The van der Waals surface area contributed by atoms with Crippen molar-refractivity contribution in [2.45, 2.75) is 84.4 Å². The van der Waals surface area contributed by atoms with E-state index in [0.717, 1.165) is 12.8 Å². The van der Waals surface area contributed by atoms with E-state index in [-0.39, 0.29) is 18.0 Å². The van der Waals surface area contributed by atoms with Gasteiger partial charge >= 0.3 is 12.1 Å². The molecule has 0 fully saturated rings. The summed E-state index contributed by atoms with van der Waals surface area (Å²) in [6.45, 7) is 12.1. The van der Waals surface area contributed by atoms with Crippen LogP contribution in [0.3, 0.4) is 0 Å². The topological polar surface area (TPSA) is 87.7 Å². The van der Waals surface area contributed by atoms with Crippen molar-refractivity contribution in [1.29, 1.82) is 0 Å². The Morgan fingerprint density at radius 3 is 2.14 bits per heavy atom. The van der Waals surface area contributed by atoms with E-state index in [1.54, 1.807) is 0 Å². The predicted octanol–water partition coefficient (Wildman–Crippen LogP) is 2.91. The Labute approximate surface area is 134 Å². The van der Waals surface area contributed by atoms with Crippen LogP contribution < -0.4 is 10.6 Å². The van der Waals surface area contributed by atoms with Gasteiger partial charge in [0.15, 0.2) is 0 Å². The number of aliphatic carboxylic acids is 1. The van der Waals surface area contributed by atoms with Gasteiger partial charge in [0.1, 0.15) is 5.60 Å². The number of rotatable bonds is 9. The fourth-order valence-electron chi connectivity index (χ4n) is 2.05. The second-order valence-corrected chi connectivity index (χ2v) is 6.83. The van der Waals surface area contributed by atoms with Gasteiger partial charge in [-0.1, -0.05) is 13.8 Å². The van der Waals surface area contributed by atoms with Gasteiger partial charge in [0, 0.05) is 19.0 Å². The van der Waals surface area contributed by atoms with E-state index in [4.69, 9.17) is 9.84 Å². The predicted molar refractivity (Wildman–Crippen MR) is 87.0 cm³/mol. The van der Waals surface area contributed by atoms with Crippen molar-refractivity contribution in [2.75, 3.05) is 6.54 Å². The third kappa shape index (κ3) is 8.87. The monoisotopic (exact) mass is 316 g/mol. The molecule has 1 unspecified atom stereocenters. The van der Waals surface area contributed by atoms with Gasteiger partial charge in [-0.3, -0.25) is 4.79 Å². The zero-order valence-electron chi connectivity index (χ0n) is 14.8. The zero-order valence-corrected chi connectivity index (χ0v) is 14.8. The Bertz CT molecular complexity index is 360. The molecule has 0 bridgehead atoms. The summed E-state index contributed by atoms with van der Waals surface area (Å²) in [6, 6.07) is 0.0778. The van der Waals surface area contributed by atoms with Crippen LogP contribution in [0.4, 0.5) is 4.79 Å². The van der Waals surface area contributed by atoms with Crippen molar-refractivity contribution in [3.05, 3.63) is 0 Å². The van der Waals surface area contributed by atoms with Crippen LogP contribution in [-0.4, -0.2) is 40.9 Å². The summed E-state index contributed by atoms with van der Waals surface area (Å²) in [5.41, 5.74) is -0.917. The number of carboxylic acids is 1. The van der Waals surface area contributed by atoms with Gasteiger partial charge in [0.25, 0.3) is 0 Å². The second-order valence-electron chi connectivity index (χ2n) is 6.83. The molecule has 0 aliphatic rings. The molecular weight excluding hydrogens is 284 g/mol. The number of nitrogens with one attached hydrogen (secondary N) is 2. The smallest absolute Gasteiger partial charge is 0.408 e. The molecule has 6 nitrogen and oxygen atoms in total. The van der Waals surface area contributed by atoms with E-state index in [1.807, 2.05) is 41.5 Å². The number of alkyl carbamates (subject to hydrolysis) is 1. The Morgan fingerprint density at radius 1 is 1.18 bits per heavy atom. The molecule has 0 aliphatic heterocycles. The van der Waals surface area contributed by atoms with Gasteiger partial charge < -0.3 is 20.5 Å². The third-order valence-corrected chi connectivity index (χ3v) is 3.70. The Morgan fingerprint density at radius 2 is 1.73 bits per heavy atom. The molecule has 0 rings (SSSR count). The molecule has 0 saturated carbocycles. The van der Waals surface area contributed by atoms with Crippen LogP contribution >= 0.6 is 0 Å². The van der Waals surface area contributed by atoms with E-state index in [2.05, 4.69) is 10.6 Å². The van der Waals surface area contributed by atoms with Crippen molar-refractivity contribution in [2.24, 2.45) is 0 Å². The average Bonchev–Trinajstić information content (AvgIpc) is 2.39. The van der Waals surface area contributed by atoms with Crippen LogP contribution in [0.25, 0.3) is 0 Å². The molecule has 1 atom stereocenters. The molecular formula is C16H32N2O4. The fourth-order valence-corrected chi connectivity index (χ4v) is 2.05. The SMILES string of the molecule is CCC(CC)(CNC(C)CCC(=O)O)NC(=O)OC(C)(C)C. The van der Waals surface area contributed by atoms with Crippen molar-refractivity contribution >= 4 is 12.1 Å². The van der Waals surface area contributed by atoms with Crippen molar-refractivity contribution < 1.29 is 19.4 Å². The lowest BCUT2D eigenvalue weighted by Crippen LogP contribution is -2.56. The van der Waals surface area contributed by atoms with Crippen LogP contribution in [0, 0.1) is 0 Å². The van der Waals surface area contributed by atoms with Crippen LogP contribution in [-0.2, 0) is 9.53 Å². The molecule has 130 valence electrons. The first kappa shape index (κ1) is 20.7. The fraction of sp³-hybridized carbons (Fsp3) is 0.875. The lowest BCUT2D eigenvalue weighted by Gasteiger charge is -2.35. The van der Waals surface area contributed by atoms with Gasteiger partial charge in [0.2, 0.25) is 0 Å². The summed E-state index contributed by atoms with van der Waals surface area (Å²) in [4.78, 5) is 22.6. The van der Waals surface area contributed by atoms with Crippen molar-refractivity contribution in [3.8, 4) is 0 Å². The van der Waals surface area contributed by atoms with Crippen molar-refractivity contribution in [3.63, 3.8) is 0 Å². The highest BCUT2D eigenvalue weighted by atomic mass is 16.6. The van der Waals surface area contributed by atoms with Gasteiger partial charge in [-0.2, -0.15) is 0 Å². The number of ether oxygens (including phenoxy) is 1. The lowest BCUT2D eigenvalue weighted by atomic mass is 9.92. The Balaban J connectivity index is 4.55. The van der Waals surface area contributed by atoms with Gasteiger partial charge in [-0.25, -0.2) is 4.79 Å². The maximum Gasteiger partial charge on any atom is 0.408 e. The molecule has 0 aromatic carbocycles. The first-order chi connectivity index (χ1) is 10.0. The number of carboxylic acid groups (broad SMARTS) is 1. The minimum absolute atomic E-state index is 0.0778. The van der Waals surface area contributed by atoms with Crippen LogP contribution in [0.15, 0.2) is 0 Å². The molecule has 22 heavy (non-hydrogen) atoms. The van der Waals surface area contributed by atoms with E-state index in [0.29, 0.717) is 13.0 Å². The lowest BCUT2D eigenvalue weighted by molar-refractivity contribution is -0.137. The van der Waals surface area contributed by atoms with E-state index >= 15 is 0 Å². The minimum Gasteiger partial charge on any atom is -0.481 e. The average molecular weight is 316 g/mol. The maximum absolute atomic E-state index is 12.0. The summed E-state index contributed by atoms with van der Waals surface area (Å²) in [7, 11) is 0. The first-order valence-corrected chi connectivity index (χ1v) is 8.00. The quantitative estimate of drug-likeness (QED) is 0.609. The van der Waals surface area contributed by atoms with E-state index in [1.165, 1.54) is 0 Å². The Kier molecular flexibility index (Phi) is 8.45. The summed E-state index contributed by atoms with van der Waals surface area (Å²) < 4.78 is 5.33. The molecule has 0 aromatic heterocycles. The molecule has 1 amide bonds. The summed E-state index contributed by atoms with van der Waals surface area (Å²) in [5.74, 6) is -0.794. The summed E-state index contributed by atoms with van der Waals surface area (Å²) in [6.07, 6.45) is 1.81. The van der Waals surface area contributed by atoms with Crippen LogP contribution in [0.5, 0.6) is 0 Å². The van der Waals surface area contributed by atoms with Crippen LogP contribution in [0.2, 0.25) is 0 Å². The molecule has 3 N–H and O–H groups in total. The molecule has 0 radical (unpaired) electrons. The van der Waals surface area contributed by atoms with Crippen molar-refractivity contribution in [1.82, 2.24) is 10.6 Å². The van der Waals surface area contributed by atoms with Gasteiger partial charge in [-0.05, 0) is 47.0 Å². The number of hydrogen-bond donors (Lipinski definition) is 3. The van der Waals surface area contributed by atoms with E-state index < -0.39 is 17.7 Å². The first-order valence-electron chi connectivity index (χ1n) is 8.00. The van der Waals surface area contributed by atoms with Gasteiger partial charge in [-0.15, -0.1) is 0 Å². The third-order valence-electron chi connectivity index (χ3n) is 3.70. The number of hydrogen-bond acceptors (Lipinski definition) is 4. The van der Waals surface area contributed by atoms with E-state index in [9.17, 15) is 9.59 Å². The number of amides is 1.